The molecule has 0 spiro atoms. The minimum absolute atomic E-state index is 0.0208. The molecule has 2 rings (SSSR count). The molecule has 5 nitrogen and oxygen atoms in total. The second-order valence-electron chi connectivity index (χ2n) is 6.43. The smallest absolute Gasteiger partial charge is 0.246 e. The molecule has 0 aromatic heterocycles. The van der Waals surface area contributed by atoms with E-state index in [1.54, 1.807) is 6.08 Å². The minimum atomic E-state index is -0.242. The maximum Gasteiger partial charge on any atom is 0.246 e. The molecule has 2 aliphatic heterocycles. The quantitative estimate of drug-likeness (QED) is 0.798. The molecule has 21 heavy (non-hydrogen) atoms. The molecule has 2 saturated heterocycles. The Balaban J connectivity index is 1.80. The molecule has 2 N–H and O–H groups in total. The third-order valence-corrected chi connectivity index (χ3v) is 4.48. The molecule has 0 bridgehead atoms. The maximum absolute atomic E-state index is 12.0. The van der Waals surface area contributed by atoms with Gasteiger partial charge in [-0.1, -0.05) is 5.57 Å². The zero-order valence-corrected chi connectivity index (χ0v) is 13.0. The first-order valence-corrected chi connectivity index (χ1v) is 7.82. The van der Waals surface area contributed by atoms with Gasteiger partial charge in [0.25, 0.3) is 0 Å². The molecule has 0 aromatic rings. The number of likely N-dealkylation sites (tertiary alicyclic amines) is 1. The van der Waals surface area contributed by atoms with E-state index in [4.69, 9.17) is 10.5 Å². The van der Waals surface area contributed by atoms with Crippen LogP contribution < -0.4 is 5.73 Å². The number of carbonyl (C=O) groups excluding carboxylic acids is 2. The van der Waals surface area contributed by atoms with E-state index in [0.717, 1.165) is 44.3 Å². The van der Waals surface area contributed by atoms with E-state index >= 15 is 0 Å². The summed E-state index contributed by atoms with van der Waals surface area (Å²) in [5.41, 5.74) is 6.46. The van der Waals surface area contributed by atoms with Crippen LogP contribution in [0.2, 0.25) is 0 Å². The zero-order chi connectivity index (χ0) is 15.4. The third-order valence-electron chi connectivity index (χ3n) is 4.48. The number of nitrogens with two attached hydrogens (primary N) is 1. The lowest BCUT2D eigenvalue weighted by molar-refractivity contribution is -0.127. The first kappa shape index (κ1) is 16.0. The van der Waals surface area contributed by atoms with Crippen LogP contribution in [0.1, 0.15) is 39.5 Å². The number of ether oxygens (including phenoxy) is 1. The highest BCUT2D eigenvalue weighted by Crippen LogP contribution is 2.30. The van der Waals surface area contributed by atoms with Crippen LogP contribution in [-0.2, 0) is 14.3 Å². The van der Waals surface area contributed by atoms with Gasteiger partial charge in [-0.2, -0.15) is 0 Å². The Morgan fingerprint density at radius 1 is 1.24 bits per heavy atom. The van der Waals surface area contributed by atoms with Gasteiger partial charge in [-0.3, -0.25) is 9.59 Å². The molecule has 5 heteroatoms. The van der Waals surface area contributed by atoms with E-state index in [2.05, 4.69) is 0 Å². The van der Waals surface area contributed by atoms with Gasteiger partial charge < -0.3 is 15.4 Å². The minimum Gasteiger partial charge on any atom is -0.377 e. The summed E-state index contributed by atoms with van der Waals surface area (Å²) in [5.74, 6) is 0.260. The summed E-state index contributed by atoms with van der Waals surface area (Å²) in [6.45, 7) is 6.09. The molecule has 2 heterocycles. The number of hydrogen-bond donors (Lipinski definition) is 1. The van der Waals surface area contributed by atoms with Crippen molar-refractivity contribution in [1.82, 2.24) is 4.90 Å². The Morgan fingerprint density at radius 2 is 1.90 bits per heavy atom. The highest BCUT2D eigenvalue weighted by Gasteiger charge is 2.35. The standard InChI is InChI=1S/C16H26N2O3/c1-11(2)9-15(19)18-6-3-12(4-7-18)10-14-13(16(17)20)5-8-21-14/h9,12-14H,3-8,10H2,1-2H3,(H2,17,20)/t13-,14-/m1/s1. The molecule has 0 saturated carbocycles. The summed E-state index contributed by atoms with van der Waals surface area (Å²) >= 11 is 0. The molecular formula is C16H26N2O3. The van der Waals surface area contributed by atoms with Gasteiger partial charge in [0.05, 0.1) is 12.0 Å². The van der Waals surface area contributed by atoms with Gasteiger partial charge in [0.15, 0.2) is 0 Å². The first-order chi connectivity index (χ1) is 9.97. The molecule has 0 unspecified atom stereocenters. The summed E-state index contributed by atoms with van der Waals surface area (Å²) in [5, 5.41) is 0. The number of nitrogens with zero attached hydrogens (tertiary/aromatic N) is 1. The van der Waals surface area contributed by atoms with Crippen molar-refractivity contribution >= 4 is 11.8 Å². The van der Waals surface area contributed by atoms with Gasteiger partial charge in [0.2, 0.25) is 11.8 Å². The molecule has 0 radical (unpaired) electrons. The number of rotatable bonds is 4. The van der Waals surface area contributed by atoms with Crippen LogP contribution in [0, 0.1) is 11.8 Å². The molecule has 2 amide bonds. The molecule has 2 fully saturated rings. The average Bonchev–Trinajstić information content (AvgIpc) is 2.87. The molecule has 2 aliphatic rings. The highest BCUT2D eigenvalue weighted by atomic mass is 16.5. The predicted molar refractivity (Wildman–Crippen MR) is 80.4 cm³/mol. The normalized spacial score (nSPS) is 26.7. The zero-order valence-electron chi connectivity index (χ0n) is 13.0. The number of hydrogen-bond acceptors (Lipinski definition) is 3. The summed E-state index contributed by atoms with van der Waals surface area (Å²) < 4.78 is 5.67. The van der Waals surface area contributed by atoms with Crippen molar-refractivity contribution in [3.05, 3.63) is 11.6 Å². The van der Waals surface area contributed by atoms with E-state index < -0.39 is 0 Å². The number of carbonyl (C=O) groups is 2. The van der Waals surface area contributed by atoms with Crippen LogP contribution in [0.3, 0.4) is 0 Å². The second kappa shape index (κ2) is 7.07. The molecule has 2 atom stereocenters. The summed E-state index contributed by atoms with van der Waals surface area (Å²) in [6.07, 6.45) is 5.27. The van der Waals surface area contributed by atoms with Crippen LogP contribution in [0.25, 0.3) is 0 Å². The van der Waals surface area contributed by atoms with Crippen molar-refractivity contribution in [2.24, 2.45) is 17.6 Å². The van der Waals surface area contributed by atoms with Gasteiger partial charge in [-0.15, -0.1) is 0 Å². The van der Waals surface area contributed by atoms with E-state index in [1.807, 2.05) is 18.7 Å². The first-order valence-electron chi connectivity index (χ1n) is 7.82. The van der Waals surface area contributed by atoms with Crippen molar-refractivity contribution in [1.29, 1.82) is 0 Å². The summed E-state index contributed by atoms with van der Waals surface area (Å²) in [7, 11) is 0. The third kappa shape index (κ3) is 4.30. The summed E-state index contributed by atoms with van der Waals surface area (Å²) in [4.78, 5) is 25.3. The fourth-order valence-electron chi connectivity index (χ4n) is 3.26. The molecule has 0 aromatic carbocycles. The number of amides is 2. The Morgan fingerprint density at radius 3 is 2.48 bits per heavy atom. The van der Waals surface area contributed by atoms with Crippen LogP contribution >= 0.6 is 0 Å². The maximum atomic E-state index is 12.0. The topological polar surface area (TPSA) is 72.6 Å². The van der Waals surface area contributed by atoms with Crippen molar-refractivity contribution < 1.29 is 14.3 Å². The van der Waals surface area contributed by atoms with E-state index in [1.165, 1.54) is 0 Å². The van der Waals surface area contributed by atoms with Gasteiger partial charge in [-0.25, -0.2) is 0 Å². The van der Waals surface area contributed by atoms with Crippen molar-refractivity contribution in [3.63, 3.8) is 0 Å². The lowest BCUT2D eigenvalue weighted by atomic mass is 9.86. The van der Waals surface area contributed by atoms with Gasteiger partial charge in [-0.05, 0) is 45.4 Å². The Bertz CT molecular complexity index is 421. The number of piperidine rings is 1. The SMILES string of the molecule is CC(C)=CC(=O)N1CCC(C[C@H]2OCC[C@H]2C(N)=O)CC1. The Hall–Kier alpha value is -1.36. The molecular weight excluding hydrogens is 268 g/mol. The van der Waals surface area contributed by atoms with E-state index in [9.17, 15) is 9.59 Å². The van der Waals surface area contributed by atoms with Crippen molar-refractivity contribution in [2.45, 2.75) is 45.6 Å². The fraction of sp³-hybridized carbons (Fsp3) is 0.750. The predicted octanol–water partition coefficient (Wildman–Crippen LogP) is 1.47. The second-order valence-corrected chi connectivity index (χ2v) is 6.43. The van der Waals surface area contributed by atoms with E-state index in [0.29, 0.717) is 12.5 Å². The number of primary amides is 1. The Labute approximate surface area is 126 Å². The van der Waals surface area contributed by atoms with Crippen LogP contribution in [0.15, 0.2) is 11.6 Å². The Kier molecular flexibility index (Phi) is 5.39. The fourth-order valence-corrected chi connectivity index (χ4v) is 3.26. The van der Waals surface area contributed by atoms with Gasteiger partial charge in [0.1, 0.15) is 0 Å². The lowest BCUT2D eigenvalue weighted by Crippen LogP contribution is -2.39. The van der Waals surface area contributed by atoms with Crippen molar-refractivity contribution in [2.75, 3.05) is 19.7 Å². The van der Waals surface area contributed by atoms with Crippen LogP contribution in [0.5, 0.6) is 0 Å². The van der Waals surface area contributed by atoms with E-state index in [-0.39, 0.29) is 23.8 Å². The molecule has 0 aliphatic carbocycles. The summed E-state index contributed by atoms with van der Waals surface area (Å²) in [6, 6.07) is 0. The van der Waals surface area contributed by atoms with Crippen LogP contribution in [0.4, 0.5) is 0 Å². The largest absolute Gasteiger partial charge is 0.377 e. The lowest BCUT2D eigenvalue weighted by Gasteiger charge is -2.33. The van der Waals surface area contributed by atoms with Gasteiger partial charge >= 0.3 is 0 Å². The van der Waals surface area contributed by atoms with Crippen molar-refractivity contribution in [3.8, 4) is 0 Å². The molecule has 118 valence electrons. The van der Waals surface area contributed by atoms with Crippen LogP contribution in [-0.4, -0.2) is 42.5 Å². The van der Waals surface area contributed by atoms with Gasteiger partial charge in [0, 0.05) is 25.8 Å². The monoisotopic (exact) mass is 294 g/mol. The highest BCUT2D eigenvalue weighted by molar-refractivity contribution is 5.88. The number of allylic oxidation sites excluding steroid dienone is 1. The average molecular weight is 294 g/mol.